The van der Waals surface area contributed by atoms with Crippen molar-refractivity contribution in [1.29, 1.82) is 0 Å². The van der Waals surface area contributed by atoms with Crippen LogP contribution in [0.2, 0.25) is 0 Å². The van der Waals surface area contributed by atoms with Gasteiger partial charge in [-0.25, -0.2) is 4.79 Å². The molecule has 0 aromatic heterocycles. The maximum Gasteiger partial charge on any atom is 0.333 e. The molecule has 0 bridgehead atoms. The van der Waals surface area contributed by atoms with E-state index in [0.717, 1.165) is 6.42 Å². The van der Waals surface area contributed by atoms with Crippen molar-refractivity contribution in [3.05, 3.63) is 23.8 Å². The number of fused-ring (bicyclic) bond motifs is 1. The highest BCUT2D eigenvalue weighted by molar-refractivity contribution is 5.90. The first-order valence-corrected chi connectivity index (χ1v) is 11.4. The van der Waals surface area contributed by atoms with Crippen LogP contribution in [-0.4, -0.2) is 36.7 Å². The molecule has 3 rings (SSSR count). The maximum absolute atomic E-state index is 13.1. The lowest BCUT2D eigenvalue weighted by molar-refractivity contribution is -0.174. The smallest absolute Gasteiger partial charge is 0.333 e. The topological polar surface area (TPSA) is 78.9 Å². The van der Waals surface area contributed by atoms with Gasteiger partial charge in [-0.05, 0) is 55.9 Å². The highest BCUT2D eigenvalue weighted by Crippen LogP contribution is 2.66. The summed E-state index contributed by atoms with van der Waals surface area (Å²) in [5.41, 5.74) is -0.339. The number of hydrogen-bond acceptors (Lipinski definition) is 6. The highest BCUT2D eigenvalue weighted by atomic mass is 16.6. The number of cyclic esters (lactones) is 1. The fourth-order valence-electron chi connectivity index (χ4n) is 5.77. The molecular formula is C25H36O6. The summed E-state index contributed by atoms with van der Waals surface area (Å²) < 4.78 is 17.4. The fourth-order valence-corrected chi connectivity index (χ4v) is 5.77. The minimum absolute atomic E-state index is 0.129. The zero-order valence-electron chi connectivity index (χ0n) is 19.7. The second kappa shape index (κ2) is 8.44. The van der Waals surface area contributed by atoms with E-state index < -0.39 is 23.6 Å². The SMILES string of the molecule is C=C1COC(=O)C12CC1(C)C(C)CCC(OC(=O)CC(C)C)C1C2OC(=O)C(C)=CC. The van der Waals surface area contributed by atoms with Crippen molar-refractivity contribution < 1.29 is 28.6 Å². The van der Waals surface area contributed by atoms with Gasteiger partial charge in [-0.15, -0.1) is 0 Å². The van der Waals surface area contributed by atoms with Gasteiger partial charge in [0.25, 0.3) is 0 Å². The molecule has 0 N–H and O–H groups in total. The molecule has 0 aromatic carbocycles. The third kappa shape index (κ3) is 3.83. The van der Waals surface area contributed by atoms with Gasteiger partial charge in [-0.2, -0.15) is 0 Å². The Labute approximate surface area is 185 Å². The second-order valence-corrected chi connectivity index (χ2v) is 10.3. The van der Waals surface area contributed by atoms with Gasteiger partial charge < -0.3 is 14.2 Å². The van der Waals surface area contributed by atoms with Crippen molar-refractivity contribution in [2.75, 3.05) is 6.61 Å². The maximum atomic E-state index is 13.1. The lowest BCUT2D eigenvalue weighted by Gasteiger charge is -2.46. The number of hydrogen-bond donors (Lipinski definition) is 0. The lowest BCUT2D eigenvalue weighted by Crippen LogP contribution is -2.50. The van der Waals surface area contributed by atoms with Gasteiger partial charge in [0.1, 0.15) is 24.2 Å². The Kier molecular flexibility index (Phi) is 6.41. The number of esters is 3. The van der Waals surface area contributed by atoms with Crippen LogP contribution in [0.1, 0.15) is 67.2 Å². The van der Waals surface area contributed by atoms with E-state index in [1.165, 1.54) is 0 Å². The molecule has 2 saturated carbocycles. The predicted octanol–water partition coefficient (Wildman–Crippen LogP) is 4.38. The second-order valence-electron chi connectivity index (χ2n) is 10.3. The molecule has 3 aliphatic rings. The van der Waals surface area contributed by atoms with Crippen LogP contribution in [0.3, 0.4) is 0 Å². The quantitative estimate of drug-likeness (QED) is 0.278. The highest BCUT2D eigenvalue weighted by Gasteiger charge is 2.72. The van der Waals surface area contributed by atoms with Crippen LogP contribution < -0.4 is 0 Å². The van der Waals surface area contributed by atoms with Crippen LogP contribution in [0, 0.1) is 28.6 Å². The van der Waals surface area contributed by atoms with Crippen molar-refractivity contribution >= 4 is 17.9 Å². The van der Waals surface area contributed by atoms with E-state index in [0.29, 0.717) is 30.4 Å². The van der Waals surface area contributed by atoms with Crippen LogP contribution in [0.4, 0.5) is 0 Å². The van der Waals surface area contributed by atoms with Crippen molar-refractivity contribution in [2.45, 2.75) is 79.4 Å². The summed E-state index contributed by atoms with van der Waals surface area (Å²) in [4.78, 5) is 38.5. The third-order valence-corrected chi connectivity index (χ3v) is 7.86. The van der Waals surface area contributed by atoms with Gasteiger partial charge in [-0.1, -0.05) is 40.3 Å². The first-order chi connectivity index (χ1) is 14.5. The van der Waals surface area contributed by atoms with Gasteiger partial charge >= 0.3 is 17.9 Å². The van der Waals surface area contributed by atoms with Crippen LogP contribution in [0.15, 0.2) is 23.8 Å². The van der Waals surface area contributed by atoms with Crippen LogP contribution >= 0.6 is 0 Å². The van der Waals surface area contributed by atoms with Crippen molar-refractivity contribution in [3.63, 3.8) is 0 Å². The number of carbonyl (C=O) groups excluding carboxylic acids is 3. The summed E-state index contributed by atoms with van der Waals surface area (Å²) in [6, 6.07) is 0. The summed E-state index contributed by atoms with van der Waals surface area (Å²) in [5, 5.41) is 0. The molecule has 6 heteroatoms. The molecule has 1 spiro atoms. The Morgan fingerprint density at radius 1 is 1.29 bits per heavy atom. The monoisotopic (exact) mass is 432 g/mol. The van der Waals surface area contributed by atoms with E-state index in [1.54, 1.807) is 19.9 Å². The summed E-state index contributed by atoms with van der Waals surface area (Å²) in [7, 11) is 0. The van der Waals surface area contributed by atoms with Crippen molar-refractivity contribution in [3.8, 4) is 0 Å². The van der Waals surface area contributed by atoms with Gasteiger partial charge in [0, 0.05) is 17.9 Å². The van der Waals surface area contributed by atoms with E-state index in [2.05, 4.69) is 20.4 Å². The largest absolute Gasteiger partial charge is 0.462 e. The normalized spacial score (nSPS) is 37.7. The summed E-state index contributed by atoms with van der Waals surface area (Å²) in [6.07, 6.45) is 2.86. The molecule has 0 radical (unpaired) electrons. The summed E-state index contributed by atoms with van der Waals surface area (Å²) >= 11 is 0. The predicted molar refractivity (Wildman–Crippen MR) is 116 cm³/mol. The van der Waals surface area contributed by atoms with Crippen molar-refractivity contribution in [1.82, 2.24) is 0 Å². The van der Waals surface area contributed by atoms with E-state index in [4.69, 9.17) is 14.2 Å². The van der Waals surface area contributed by atoms with Crippen LogP contribution in [0.25, 0.3) is 0 Å². The zero-order chi connectivity index (χ0) is 23.1. The lowest BCUT2D eigenvalue weighted by atomic mass is 9.61. The minimum Gasteiger partial charge on any atom is -0.462 e. The number of allylic oxidation sites excluding steroid dienone is 1. The van der Waals surface area contributed by atoms with Crippen molar-refractivity contribution in [2.24, 2.45) is 28.6 Å². The Bertz CT molecular complexity index is 793. The van der Waals surface area contributed by atoms with Gasteiger partial charge in [0.15, 0.2) is 0 Å². The molecule has 6 unspecified atom stereocenters. The van der Waals surface area contributed by atoms with Gasteiger partial charge in [-0.3, -0.25) is 9.59 Å². The Balaban J connectivity index is 2.06. The molecule has 3 fully saturated rings. The molecule has 0 amide bonds. The summed E-state index contributed by atoms with van der Waals surface area (Å²) in [5.74, 6) is -0.949. The standard InChI is InChI=1S/C25H36O6/c1-8-15(4)22(27)31-21-20-18(30-19(26)11-14(2)3)10-9-16(5)24(20,7)13-25(21)17(6)12-29-23(25)28/h8,14,16,18,20-21H,6,9-13H2,1-5,7H3. The zero-order valence-corrected chi connectivity index (χ0v) is 19.7. The van der Waals surface area contributed by atoms with Crippen LogP contribution in [-0.2, 0) is 28.6 Å². The minimum atomic E-state index is -1.09. The third-order valence-electron chi connectivity index (χ3n) is 7.86. The molecule has 6 atom stereocenters. The molecule has 1 saturated heterocycles. The fraction of sp³-hybridized carbons (Fsp3) is 0.720. The average molecular weight is 433 g/mol. The molecule has 31 heavy (non-hydrogen) atoms. The van der Waals surface area contributed by atoms with E-state index in [-0.39, 0.29) is 41.7 Å². The molecule has 6 nitrogen and oxygen atoms in total. The van der Waals surface area contributed by atoms with Gasteiger partial charge in [0.05, 0.1) is 0 Å². The Morgan fingerprint density at radius 3 is 2.52 bits per heavy atom. The molecular weight excluding hydrogens is 396 g/mol. The van der Waals surface area contributed by atoms with Crippen LogP contribution in [0.5, 0.6) is 0 Å². The van der Waals surface area contributed by atoms with E-state index in [1.807, 2.05) is 13.8 Å². The van der Waals surface area contributed by atoms with Gasteiger partial charge in [0.2, 0.25) is 0 Å². The Morgan fingerprint density at radius 2 is 1.97 bits per heavy atom. The average Bonchev–Trinajstić information content (AvgIpc) is 3.13. The summed E-state index contributed by atoms with van der Waals surface area (Å²) in [6.45, 7) is 16.0. The molecule has 2 aliphatic carbocycles. The molecule has 1 heterocycles. The first-order valence-electron chi connectivity index (χ1n) is 11.4. The molecule has 0 aromatic rings. The molecule has 172 valence electrons. The van der Waals surface area contributed by atoms with E-state index in [9.17, 15) is 14.4 Å². The number of carbonyl (C=O) groups is 3. The van der Waals surface area contributed by atoms with E-state index >= 15 is 0 Å². The number of ether oxygens (including phenoxy) is 3. The Hall–Kier alpha value is -2.11. The number of rotatable bonds is 5. The first kappa shape index (κ1) is 23.6. The molecule has 1 aliphatic heterocycles.